The Morgan fingerprint density at radius 1 is 1.00 bits per heavy atom. The van der Waals surface area contributed by atoms with Gasteiger partial charge >= 0.3 is 6.03 Å². The Morgan fingerprint density at radius 2 is 1.67 bits per heavy atom. The fourth-order valence-electron chi connectivity index (χ4n) is 4.60. The molecule has 0 fully saturated rings. The Kier molecular flexibility index (Phi) is 8.80. The molecule has 39 heavy (non-hydrogen) atoms. The van der Waals surface area contributed by atoms with Gasteiger partial charge < -0.3 is 11.1 Å². The Balaban J connectivity index is 1.58. The molecule has 0 spiro atoms. The highest BCUT2D eigenvalue weighted by Gasteiger charge is 2.30. The highest BCUT2D eigenvalue weighted by molar-refractivity contribution is 7.89. The molecule has 4 N–H and O–H groups in total. The van der Waals surface area contributed by atoms with Crippen LogP contribution in [0.3, 0.4) is 0 Å². The molecular weight excluding hydrogens is 538 g/mol. The second-order valence-electron chi connectivity index (χ2n) is 9.04. The number of sulfonamides is 1. The quantitative estimate of drug-likeness (QED) is 0.361. The highest BCUT2D eigenvalue weighted by atomic mass is 32.2. The number of fused-ring (bicyclic) bond motifs is 1. The summed E-state index contributed by atoms with van der Waals surface area (Å²) in [5, 5.41) is 5.22. The van der Waals surface area contributed by atoms with E-state index in [-0.39, 0.29) is 16.0 Å². The number of anilines is 1. The van der Waals surface area contributed by atoms with Gasteiger partial charge in [-0.3, -0.25) is 19.8 Å². The molecule has 2 aromatic carbocycles. The van der Waals surface area contributed by atoms with Crippen molar-refractivity contribution >= 4 is 44.2 Å². The SMILES string of the molecule is CCN(CC)S(=O)(=O)c1ccc(C(=O)Nc2sc3c(c2C(=O)NC(N)=O)CCN(Cc2ccccc2)C3)cc1. The first-order valence-electron chi connectivity index (χ1n) is 12.6. The maximum absolute atomic E-state index is 13.1. The lowest BCUT2D eigenvalue weighted by molar-refractivity contribution is 0.0965. The molecule has 0 atom stereocenters. The monoisotopic (exact) mass is 569 g/mol. The normalized spacial score (nSPS) is 13.6. The van der Waals surface area contributed by atoms with Crippen molar-refractivity contribution in [3.8, 4) is 0 Å². The summed E-state index contributed by atoms with van der Waals surface area (Å²) in [6, 6.07) is 14.7. The molecule has 1 aliphatic rings. The highest BCUT2D eigenvalue weighted by Crippen LogP contribution is 2.38. The fourth-order valence-corrected chi connectivity index (χ4v) is 7.34. The zero-order chi connectivity index (χ0) is 28.2. The number of imide groups is 1. The molecule has 10 nitrogen and oxygen atoms in total. The molecule has 0 saturated carbocycles. The van der Waals surface area contributed by atoms with Gasteiger partial charge in [0.1, 0.15) is 5.00 Å². The van der Waals surface area contributed by atoms with E-state index in [9.17, 15) is 22.8 Å². The lowest BCUT2D eigenvalue weighted by Gasteiger charge is -2.27. The van der Waals surface area contributed by atoms with Crippen molar-refractivity contribution in [3.05, 3.63) is 81.7 Å². The van der Waals surface area contributed by atoms with Crippen LogP contribution in [-0.4, -0.2) is 55.1 Å². The Morgan fingerprint density at radius 3 is 2.28 bits per heavy atom. The molecule has 1 aliphatic heterocycles. The summed E-state index contributed by atoms with van der Waals surface area (Å²) >= 11 is 1.28. The molecule has 4 amide bonds. The number of nitrogens with one attached hydrogen (secondary N) is 2. The van der Waals surface area contributed by atoms with Crippen LogP contribution < -0.4 is 16.4 Å². The Bertz CT molecular complexity index is 1470. The average molecular weight is 570 g/mol. The molecule has 1 aromatic heterocycles. The third-order valence-corrected chi connectivity index (χ3v) is 9.73. The first-order valence-corrected chi connectivity index (χ1v) is 14.8. The number of urea groups is 1. The molecule has 206 valence electrons. The fraction of sp³-hybridized carbons (Fsp3) is 0.296. The minimum Gasteiger partial charge on any atom is -0.351 e. The number of carbonyl (C=O) groups is 3. The molecule has 0 saturated heterocycles. The second kappa shape index (κ2) is 12.1. The summed E-state index contributed by atoms with van der Waals surface area (Å²) in [5.41, 5.74) is 7.60. The van der Waals surface area contributed by atoms with Gasteiger partial charge in [0.05, 0.1) is 10.5 Å². The summed E-state index contributed by atoms with van der Waals surface area (Å²) < 4.78 is 26.9. The third-order valence-electron chi connectivity index (χ3n) is 6.54. The zero-order valence-corrected chi connectivity index (χ0v) is 23.4. The van der Waals surface area contributed by atoms with Crippen LogP contribution in [0.2, 0.25) is 0 Å². The Hall–Kier alpha value is -3.58. The van der Waals surface area contributed by atoms with Gasteiger partial charge in [-0.1, -0.05) is 44.2 Å². The molecule has 12 heteroatoms. The number of primary amides is 1. The third kappa shape index (κ3) is 6.36. The lowest BCUT2D eigenvalue weighted by atomic mass is 10.0. The molecule has 0 radical (unpaired) electrons. The van der Waals surface area contributed by atoms with Gasteiger partial charge in [-0.25, -0.2) is 13.2 Å². The molecule has 2 heterocycles. The standard InChI is InChI=1S/C27H31N5O5S2/c1-3-32(4-2)39(36,37)20-12-10-19(11-13-20)24(33)29-26-23(25(34)30-27(28)35)21-14-15-31(17-22(21)38-26)16-18-8-6-5-7-9-18/h5-13H,3-4,14-17H2,1-2H3,(H,29,33)(H3,28,30,34,35). The van der Waals surface area contributed by atoms with Gasteiger partial charge in [-0.15, -0.1) is 11.3 Å². The zero-order valence-electron chi connectivity index (χ0n) is 21.8. The van der Waals surface area contributed by atoms with Crippen molar-refractivity contribution in [2.75, 3.05) is 25.0 Å². The van der Waals surface area contributed by atoms with Crippen LogP contribution in [-0.2, 0) is 29.5 Å². The van der Waals surface area contributed by atoms with Gasteiger partial charge in [-0.2, -0.15) is 4.31 Å². The van der Waals surface area contributed by atoms with Crippen LogP contribution in [0.5, 0.6) is 0 Å². The maximum atomic E-state index is 13.1. The van der Waals surface area contributed by atoms with Crippen LogP contribution in [0.4, 0.5) is 9.80 Å². The van der Waals surface area contributed by atoms with Crippen LogP contribution in [0, 0.1) is 0 Å². The van der Waals surface area contributed by atoms with E-state index >= 15 is 0 Å². The van der Waals surface area contributed by atoms with Crippen LogP contribution >= 0.6 is 11.3 Å². The minimum atomic E-state index is -3.66. The van der Waals surface area contributed by atoms with Crippen molar-refractivity contribution in [2.24, 2.45) is 5.73 Å². The van der Waals surface area contributed by atoms with Gasteiger partial charge in [0.25, 0.3) is 11.8 Å². The molecule has 0 aliphatic carbocycles. The molecule has 4 rings (SSSR count). The van der Waals surface area contributed by atoms with Crippen LogP contribution in [0.15, 0.2) is 59.5 Å². The number of nitrogens with two attached hydrogens (primary N) is 1. The van der Waals surface area contributed by atoms with Gasteiger partial charge in [0.2, 0.25) is 10.0 Å². The van der Waals surface area contributed by atoms with E-state index in [1.807, 2.05) is 18.2 Å². The number of thiophene rings is 1. The number of nitrogens with zero attached hydrogens (tertiary/aromatic N) is 2. The molecule has 0 unspecified atom stereocenters. The maximum Gasteiger partial charge on any atom is 0.319 e. The number of hydrogen-bond acceptors (Lipinski definition) is 7. The minimum absolute atomic E-state index is 0.0920. The summed E-state index contributed by atoms with van der Waals surface area (Å²) in [7, 11) is -3.66. The van der Waals surface area contributed by atoms with E-state index < -0.39 is 27.9 Å². The Labute approximate surface area is 231 Å². The van der Waals surface area contributed by atoms with Crippen molar-refractivity contribution < 1.29 is 22.8 Å². The summed E-state index contributed by atoms with van der Waals surface area (Å²) in [5.74, 6) is -1.18. The number of rotatable bonds is 9. The van der Waals surface area contributed by atoms with Crippen molar-refractivity contribution in [1.82, 2.24) is 14.5 Å². The molecule has 0 bridgehead atoms. The van der Waals surface area contributed by atoms with Gasteiger partial charge in [0, 0.05) is 43.2 Å². The van der Waals surface area contributed by atoms with E-state index in [4.69, 9.17) is 5.73 Å². The molecule has 3 aromatic rings. The largest absolute Gasteiger partial charge is 0.351 e. The van der Waals surface area contributed by atoms with Crippen molar-refractivity contribution in [3.63, 3.8) is 0 Å². The lowest BCUT2D eigenvalue weighted by Crippen LogP contribution is -2.36. The van der Waals surface area contributed by atoms with E-state index in [2.05, 4.69) is 27.7 Å². The van der Waals surface area contributed by atoms with Crippen molar-refractivity contribution in [2.45, 2.75) is 38.3 Å². The van der Waals surface area contributed by atoms with E-state index in [0.717, 1.165) is 17.0 Å². The summed E-state index contributed by atoms with van der Waals surface area (Å²) in [6.07, 6.45) is 0.563. The van der Waals surface area contributed by atoms with E-state index in [0.29, 0.717) is 37.6 Å². The number of amides is 4. The summed E-state index contributed by atoms with van der Waals surface area (Å²) in [4.78, 5) is 40.8. The van der Waals surface area contributed by atoms with Crippen LogP contribution in [0.1, 0.15) is 50.6 Å². The van der Waals surface area contributed by atoms with E-state index in [1.54, 1.807) is 13.8 Å². The molecular formula is C27H31N5O5S2. The van der Waals surface area contributed by atoms with Crippen molar-refractivity contribution in [1.29, 1.82) is 0 Å². The number of hydrogen-bond donors (Lipinski definition) is 3. The predicted octanol–water partition coefficient (Wildman–Crippen LogP) is 3.40. The summed E-state index contributed by atoms with van der Waals surface area (Å²) in [6.45, 7) is 6.22. The average Bonchev–Trinajstić information content (AvgIpc) is 3.26. The number of carbonyl (C=O) groups excluding carboxylic acids is 3. The smallest absolute Gasteiger partial charge is 0.319 e. The van der Waals surface area contributed by atoms with Crippen LogP contribution in [0.25, 0.3) is 0 Å². The van der Waals surface area contributed by atoms with E-state index in [1.165, 1.54) is 45.5 Å². The topological polar surface area (TPSA) is 142 Å². The number of benzene rings is 2. The van der Waals surface area contributed by atoms with Gasteiger partial charge in [-0.05, 0) is 41.8 Å². The predicted molar refractivity (Wildman–Crippen MR) is 150 cm³/mol. The first-order chi connectivity index (χ1) is 18.6. The van der Waals surface area contributed by atoms with Gasteiger partial charge in [0.15, 0.2) is 0 Å². The first kappa shape index (κ1) is 28.4. The second-order valence-corrected chi connectivity index (χ2v) is 12.1.